The predicted octanol–water partition coefficient (Wildman–Crippen LogP) is 0.504. The van der Waals surface area contributed by atoms with E-state index in [0.717, 1.165) is 7.11 Å². The van der Waals surface area contributed by atoms with Crippen LogP contribution in [0, 0.1) is 0 Å². The second-order valence-corrected chi connectivity index (χ2v) is 2.46. The maximum Gasteiger partial charge on any atom is 0.396 e. The Bertz CT molecular complexity index is 362. The van der Waals surface area contributed by atoms with Crippen molar-refractivity contribution in [2.45, 2.75) is 0 Å². The first-order chi connectivity index (χ1) is 6.65. The van der Waals surface area contributed by atoms with Crippen molar-refractivity contribution in [3.8, 4) is 5.75 Å². The zero-order valence-electron chi connectivity index (χ0n) is 7.48. The van der Waals surface area contributed by atoms with Crippen LogP contribution in [0.2, 0.25) is 0 Å². The molecule has 0 aliphatic carbocycles. The molecule has 0 unspecified atom stereocenters. The van der Waals surface area contributed by atoms with Crippen molar-refractivity contribution >= 4 is 17.6 Å². The van der Waals surface area contributed by atoms with Gasteiger partial charge >= 0.3 is 11.9 Å². The maximum absolute atomic E-state index is 11.0. The Morgan fingerprint density at radius 3 is 2.57 bits per heavy atom. The van der Waals surface area contributed by atoms with Crippen LogP contribution in [0.3, 0.4) is 0 Å². The predicted molar refractivity (Wildman–Crippen MR) is 48.8 cm³/mol. The number of aromatic hydroxyl groups is 1. The van der Waals surface area contributed by atoms with Crippen LogP contribution in [-0.2, 0) is 14.3 Å². The third kappa shape index (κ3) is 2.22. The molecule has 0 aliphatic heterocycles. The molecule has 1 aromatic carbocycles. The topological polar surface area (TPSA) is 75.6 Å². The van der Waals surface area contributed by atoms with E-state index in [1.165, 1.54) is 12.1 Å². The number of methoxy groups -OCH3 is 1. The molecule has 0 saturated heterocycles. The van der Waals surface area contributed by atoms with Crippen LogP contribution in [-0.4, -0.2) is 24.1 Å². The smallest absolute Gasteiger partial charge is 0.396 e. The van der Waals surface area contributed by atoms with Crippen LogP contribution in [0.15, 0.2) is 24.3 Å². The minimum absolute atomic E-state index is 0.107. The van der Waals surface area contributed by atoms with Gasteiger partial charge in [0.1, 0.15) is 5.75 Å². The molecule has 1 amide bonds. The van der Waals surface area contributed by atoms with Crippen molar-refractivity contribution in [2.24, 2.45) is 0 Å². The summed E-state index contributed by atoms with van der Waals surface area (Å²) in [6.45, 7) is 0. The molecular formula is C9H9NO4. The van der Waals surface area contributed by atoms with Crippen LogP contribution in [0.1, 0.15) is 0 Å². The van der Waals surface area contributed by atoms with E-state index >= 15 is 0 Å². The van der Waals surface area contributed by atoms with Gasteiger partial charge in [0.25, 0.3) is 0 Å². The van der Waals surface area contributed by atoms with E-state index in [0.29, 0.717) is 0 Å². The molecule has 14 heavy (non-hydrogen) atoms. The summed E-state index contributed by atoms with van der Waals surface area (Å²) >= 11 is 0. The second kappa shape index (κ2) is 4.27. The minimum atomic E-state index is -1.01. The Labute approximate surface area is 80.3 Å². The van der Waals surface area contributed by atoms with Crippen LogP contribution >= 0.6 is 0 Å². The summed E-state index contributed by atoms with van der Waals surface area (Å²) in [6.07, 6.45) is 0. The molecule has 0 saturated carbocycles. The molecule has 0 radical (unpaired) electrons. The Balaban J connectivity index is 2.75. The number of benzene rings is 1. The van der Waals surface area contributed by atoms with Crippen LogP contribution in [0.5, 0.6) is 5.75 Å². The molecule has 0 fully saturated rings. The largest absolute Gasteiger partial charge is 0.506 e. The lowest BCUT2D eigenvalue weighted by Crippen LogP contribution is -2.23. The number of para-hydroxylation sites is 2. The summed E-state index contributed by atoms with van der Waals surface area (Å²) in [7, 11) is 1.10. The molecule has 0 spiro atoms. The maximum atomic E-state index is 11.0. The molecule has 1 aromatic rings. The molecule has 5 nitrogen and oxygen atoms in total. The van der Waals surface area contributed by atoms with Gasteiger partial charge in [-0.15, -0.1) is 0 Å². The first-order valence-electron chi connectivity index (χ1n) is 3.82. The van der Waals surface area contributed by atoms with Crippen LogP contribution in [0.4, 0.5) is 5.69 Å². The van der Waals surface area contributed by atoms with Crippen molar-refractivity contribution < 1.29 is 19.4 Å². The summed E-state index contributed by atoms with van der Waals surface area (Å²) < 4.78 is 4.19. The highest BCUT2D eigenvalue weighted by Gasteiger charge is 2.14. The molecule has 0 atom stereocenters. The number of nitrogens with one attached hydrogen (secondary N) is 1. The Hall–Kier alpha value is -2.04. The summed E-state index contributed by atoms with van der Waals surface area (Å²) in [4.78, 5) is 21.7. The van der Waals surface area contributed by atoms with E-state index in [4.69, 9.17) is 0 Å². The lowest BCUT2D eigenvalue weighted by Gasteiger charge is -2.04. The quantitative estimate of drug-likeness (QED) is 0.389. The first kappa shape index (κ1) is 10.0. The zero-order valence-corrected chi connectivity index (χ0v) is 7.48. The molecule has 5 heteroatoms. The fourth-order valence-corrected chi connectivity index (χ4v) is 0.845. The molecule has 1 rings (SSSR count). The summed E-state index contributed by atoms with van der Waals surface area (Å²) in [5.74, 6) is -2.04. The average Bonchev–Trinajstić information content (AvgIpc) is 2.20. The number of anilines is 1. The summed E-state index contributed by atoms with van der Waals surface area (Å²) in [5, 5.41) is 11.4. The number of esters is 1. The molecule has 0 bridgehead atoms. The van der Waals surface area contributed by atoms with Crippen molar-refractivity contribution in [1.29, 1.82) is 0 Å². The summed E-state index contributed by atoms with van der Waals surface area (Å²) in [6, 6.07) is 6.08. The molecule has 0 aliphatic rings. The lowest BCUT2D eigenvalue weighted by molar-refractivity contribution is -0.150. The van der Waals surface area contributed by atoms with E-state index in [-0.39, 0.29) is 11.4 Å². The third-order valence-electron chi connectivity index (χ3n) is 1.52. The number of ether oxygens (including phenoxy) is 1. The number of phenolic OH excluding ortho intramolecular Hbond substituents is 1. The molecule has 0 aromatic heterocycles. The lowest BCUT2D eigenvalue weighted by atomic mass is 10.3. The fourth-order valence-electron chi connectivity index (χ4n) is 0.845. The van der Waals surface area contributed by atoms with E-state index in [1.54, 1.807) is 12.1 Å². The average molecular weight is 195 g/mol. The van der Waals surface area contributed by atoms with E-state index in [1.807, 2.05) is 0 Å². The Morgan fingerprint density at radius 2 is 2.00 bits per heavy atom. The van der Waals surface area contributed by atoms with Crippen molar-refractivity contribution in [3.63, 3.8) is 0 Å². The number of carbonyl (C=O) groups is 2. The third-order valence-corrected chi connectivity index (χ3v) is 1.52. The minimum Gasteiger partial charge on any atom is -0.506 e. The summed E-state index contributed by atoms with van der Waals surface area (Å²) in [5.41, 5.74) is 0.169. The monoisotopic (exact) mass is 195 g/mol. The van der Waals surface area contributed by atoms with Crippen LogP contribution < -0.4 is 5.32 Å². The highest BCUT2D eigenvalue weighted by molar-refractivity contribution is 6.37. The number of phenols is 1. The number of hydrogen-bond acceptors (Lipinski definition) is 4. The first-order valence-corrected chi connectivity index (χ1v) is 3.82. The highest BCUT2D eigenvalue weighted by Crippen LogP contribution is 2.21. The normalized spacial score (nSPS) is 9.21. The van der Waals surface area contributed by atoms with Gasteiger partial charge in [-0.2, -0.15) is 0 Å². The van der Waals surface area contributed by atoms with Gasteiger partial charge in [-0.05, 0) is 12.1 Å². The van der Waals surface area contributed by atoms with Crippen molar-refractivity contribution in [1.82, 2.24) is 0 Å². The molecule has 0 heterocycles. The molecule has 74 valence electrons. The Morgan fingerprint density at radius 1 is 1.36 bits per heavy atom. The standard InChI is InChI=1S/C9H9NO4/c1-14-9(13)8(12)10-6-4-2-3-5-7(6)11/h2-5,11H,1H3,(H,10,12). The molecule has 2 N–H and O–H groups in total. The van der Waals surface area contributed by atoms with E-state index in [2.05, 4.69) is 10.1 Å². The van der Waals surface area contributed by atoms with E-state index in [9.17, 15) is 14.7 Å². The van der Waals surface area contributed by atoms with Gasteiger partial charge in [0.2, 0.25) is 0 Å². The van der Waals surface area contributed by atoms with Crippen molar-refractivity contribution in [3.05, 3.63) is 24.3 Å². The zero-order chi connectivity index (χ0) is 10.6. The SMILES string of the molecule is COC(=O)C(=O)Nc1ccccc1O. The van der Waals surface area contributed by atoms with Gasteiger partial charge in [-0.1, -0.05) is 12.1 Å². The van der Waals surface area contributed by atoms with Crippen molar-refractivity contribution in [2.75, 3.05) is 12.4 Å². The number of hydrogen-bond donors (Lipinski definition) is 2. The van der Waals surface area contributed by atoms with Gasteiger partial charge in [-0.25, -0.2) is 4.79 Å². The van der Waals surface area contributed by atoms with Gasteiger partial charge < -0.3 is 15.2 Å². The highest BCUT2D eigenvalue weighted by atomic mass is 16.5. The van der Waals surface area contributed by atoms with Crippen LogP contribution in [0.25, 0.3) is 0 Å². The number of amides is 1. The number of rotatable bonds is 1. The van der Waals surface area contributed by atoms with Gasteiger partial charge in [-0.3, -0.25) is 4.79 Å². The fraction of sp³-hybridized carbons (Fsp3) is 0.111. The molecular weight excluding hydrogens is 186 g/mol. The number of carbonyl (C=O) groups excluding carboxylic acids is 2. The second-order valence-electron chi connectivity index (χ2n) is 2.46. The Kier molecular flexibility index (Phi) is 3.06. The van der Waals surface area contributed by atoms with Gasteiger partial charge in [0, 0.05) is 0 Å². The van der Waals surface area contributed by atoms with Gasteiger partial charge in [0.15, 0.2) is 0 Å². The van der Waals surface area contributed by atoms with E-state index < -0.39 is 11.9 Å². The van der Waals surface area contributed by atoms with Gasteiger partial charge in [0.05, 0.1) is 12.8 Å².